The minimum absolute atomic E-state index is 0.991. The van der Waals surface area contributed by atoms with Crippen molar-refractivity contribution in [2.24, 2.45) is 0 Å². The molecule has 2 aromatic heterocycles. The molecule has 2 heterocycles. The number of rotatable bonds is 6. The second kappa shape index (κ2) is 8.38. The van der Waals surface area contributed by atoms with Crippen LogP contribution in [0.3, 0.4) is 0 Å². The van der Waals surface area contributed by atoms with Crippen LogP contribution < -0.4 is 0 Å². The zero-order valence-corrected chi connectivity index (χ0v) is 18.2. The highest BCUT2D eigenvalue weighted by atomic mass is 32.1. The first-order valence-electron chi connectivity index (χ1n) is 9.72. The summed E-state index contributed by atoms with van der Waals surface area (Å²) in [6, 6.07) is 15.3. The molecule has 0 aliphatic heterocycles. The summed E-state index contributed by atoms with van der Waals surface area (Å²) in [5.74, 6) is 0. The van der Waals surface area contributed by atoms with Crippen LogP contribution in [-0.2, 0) is 6.42 Å². The lowest BCUT2D eigenvalue weighted by atomic mass is 10.0. The number of aryl methyl sites for hydroxylation is 3. The molecule has 0 saturated carbocycles. The fraction of sp³-hybridized carbons (Fsp3) is 0.250. The minimum Gasteiger partial charge on any atom is -0.233 e. The Hall–Kier alpha value is -2.30. The number of nitrogens with zero attached hydrogens (tertiary/aromatic N) is 2. The fourth-order valence-corrected chi connectivity index (χ4v) is 5.02. The Bertz CT molecular complexity index is 1070. The molecule has 142 valence electrons. The number of benzene rings is 2. The second-order valence-corrected chi connectivity index (χ2v) is 8.91. The molecular formula is C24H24N2S2. The van der Waals surface area contributed by atoms with E-state index in [1.165, 1.54) is 40.7 Å². The lowest BCUT2D eigenvalue weighted by Gasteiger charge is -2.03. The summed E-state index contributed by atoms with van der Waals surface area (Å²) < 4.78 is 0. The van der Waals surface area contributed by atoms with Crippen molar-refractivity contribution in [3.63, 3.8) is 0 Å². The Kier molecular flexibility index (Phi) is 5.69. The van der Waals surface area contributed by atoms with Crippen molar-refractivity contribution in [2.75, 3.05) is 0 Å². The van der Waals surface area contributed by atoms with E-state index in [9.17, 15) is 0 Å². The zero-order valence-electron chi connectivity index (χ0n) is 16.5. The molecule has 0 N–H and O–H groups in total. The van der Waals surface area contributed by atoms with E-state index >= 15 is 0 Å². The van der Waals surface area contributed by atoms with Crippen molar-refractivity contribution < 1.29 is 0 Å². The fourth-order valence-electron chi connectivity index (χ4n) is 3.32. The Morgan fingerprint density at radius 3 is 2.18 bits per heavy atom. The molecule has 0 unspecified atom stereocenters. The molecule has 0 fully saturated rings. The maximum atomic E-state index is 4.86. The average Bonchev–Trinajstić information content (AvgIpc) is 3.36. The molecule has 0 spiro atoms. The zero-order chi connectivity index (χ0) is 19.5. The van der Waals surface area contributed by atoms with E-state index in [0.29, 0.717) is 0 Å². The first-order valence-corrected chi connectivity index (χ1v) is 11.5. The molecular weight excluding hydrogens is 380 g/mol. The van der Waals surface area contributed by atoms with E-state index in [2.05, 4.69) is 74.0 Å². The van der Waals surface area contributed by atoms with Gasteiger partial charge in [0.05, 0.1) is 11.4 Å². The summed E-state index contributed by atoms with van der Waals surface area (Å²) in [6.45, 7) is 6.50. The summed E-state index contributed by atoms with van der Waals surface area (Å²) in [7, 11) is 0. The second-order valence-electron chi connectivity index (χ2n) is 7.19. The van der Waals surface area contributed by atoms with E-state index < -0.39 is 0 Å². The van der Waals surface area contributed by atoms with Gasteiger partial charge in [-0.3, -0.25) is 0 Å². The first-order chi connectivity index (χ1) is 13.6. The van der Waals surface area contributed by atoms with E-state index in [4.69, 9.17) is 9.97 Å². The molecule has 4 heteroatoms. The van der Waals surface area contributed by atoms with Crippen molar-refractivity contribution in [2.45, 2.75) is 40.0 Å². The van der Waals surface area contributed by atoms with Crippen LogP contribution in [0.5, 0.6) is 0 Å². The maximum Gasteiger partial charge on any atom is 0.152 e. The monoisotopic (exact) mass is 404 g/mol. The summed E-state index contributed by atoms with van der Waals surface area (Å²) in [5, 5.41) is 6.25. The molecule has 28 heavy (non-hydrogen) atoms. The van der Waals surface area contributed by atoms with Crippen LogP contribution in [0, 0.1) is 13.8 Å². The summed E-state index contributed by atoms with van der Waals surface area (Å²) in [5.41, 5.74) is 8.39. The smallest absolute Gasteiger partial charge is 0.152 e. The van der Waals surface area contributed by atoms with Crippen molar-refractivity contribution >= 4 is 22.7 Å². The van der Waals surface area contributed by atoms with Crippen molar-refractivity contribution in [1.29, 1.82) is 0 Å². The van der Waals surface area contributed by atoms with Crippen molar-refractivity contribution in [3.8, 4) is 32.5 Å². The Balaban J connectivity index is 1.55. The summed E-state index contributed by atoms with van der Waals surface area (Å²) in [4.78, 5) is 9.72. The molecule has 0 atom stereocenters. The lowest BCUT2D eigenvalue weighted by molar-refractivity contribution is 0.795. The van der Waals surface area contributed by atoms with Gasteiger partial charge >= 0.3 is 0 Å². The summed E-state index contributed by atoms with van der Waals surface area (Å²) in [6.07, 6.45) is 3.63. The normalized spacial score (nSPS) is 11.1. The van der Waals surface area contributed by atoms with Gasteiger partial charge in [-0.15, -0.1) is 22.7 Å². The van der Waals surface area contributed by atoms with Gasteiger partial charge in [0, 0.05) is 21.9 Å². The third-order valence-electron chi connectivity index (χ3n) is 4.92. The number of thiazole rings is 2. The van der Waals surface area contributed by atoms with E-state index in [-0.39, 0.29) is 0 Å². The van der Waals surface area contributed by atoms with Gasteiger partial charge in [-0.25, -0.2) is 9.97 Å². The van der Waals surface area contributed by atoms with Crippen molar-refractivity contribution in [3.05, 3.63) is 69.9 Å². The Labute approximate surface area is 175 Å². The average molecular weight is 405 g/mol. The van der Waals surface area contributed by atoms with Gasteiger partial charge in [0.1, 0.15) is 0 Å². The van der Waals surface area contributed by atoms with Crippen LogP contribution in [0.1, 0.15) is 36.5 Å². The number of unbranched alkanes of at least 4 members (excludes halogenated alkanes) is 1. The predicted octanol–water partition coefficient (Wildman–Crippen LogP) is 7.56. The number of hydrogen-bond donors (Lipinski definition) is 0. The summed E-state index contributed by atoms with van der Waals surface area (Å²) >= 11 is 3.33. The molecule has 0 saturated heterocycles. The third-order valence-corrected chi connectivity index (χ3v) is 6.75. The molecule has 0 amide bonds. The highest BCUT2D eigenvalue weighted by Crippen LogP contribution is 2.34. The minimum atomic E-state index is 0.991. The maximum absolute atomic E-state index is 4.86. The quantitative estimate of drug-likeness (QED) is 0.331. The largest absolute Gasteiger partial charge is 0.233 e. The lowest BCUT2D eigenvalue weighted by Crippen LogP contribution is -1.86. The highest BCUT2D eigenvalue weighted by molar-refractivity contribution is 7.20. The van der Waals surface area contributed by atoms with Gasteiger partial charge in [0.2, 0.25) is 0 Å². The highest BCUT2D eigenvalue weighted by Gasteiger charge is 2.13. The van der Waals surface area contributed by atoms with E-state index in [0.717, 1.165) is 27.8 Å². The van der Waals surface area contributed by atoms with E-state index in [1.807, 2.05) is 0 Å². The Morgan fingerprint density at radius 1 is 0.821 bits per heavy atom. The predicted molar refractivity (Wildman–Crippen MR) is 122 cm³/mol. The topological polar surface area (TPSA) is 25.8 Å². The standard InChI is InChI=1S/C24H24N2S2/c1-4-5-6-18-8-10-19(11-9-18)21-14-27-23(25-21)24-26-22(15-28-24)20-12-7-16(2)13-17(20)3/h7-15H,4-6H2,1-3H3. The van der Waals surface area contributed by atoms with Gasteiger partial charge in [-0.1, -0.05) is 61.4 Å². The number of aromatic nitrogens is 2. The SMILES string of the molecule is CCCCc1ccc(-c2csc(-c3nc(-c4ccc(C)cc4C)cs3)n2)cc1. The van der Waals surface area contributed by atoms with Crippen LogP contribution in [0.4, 0.5) is 0 Å². The van der Waals surface area contributed by atoms with Gasteiger partial charge in [-0.05, 0) is 37.8 Å². The molecule has 0 aliphatic carbocycles. The van der Waals surface area contributed by atoms with Crippen LogP contribution in [0.25, 0.3) is 32.5 Å². The molecule has 4 rings (SSSR count). The van der Waals surface area contributed by atoms with Crippen LogP contribution in [0.2, 0.25) is 0 Å². The van der Waals surface area contributed by atoms with E-state index in [1.54, 1.807) is 22.7 Å². The van der Waals surface area contributed by atoms with Crippen LogP contribution in [-0.4, -0.2) is 9.97 Å². The molecule has 4 aromatic rings. The molecule has 0 aliphatic rings. The molecule has 0 radical (unpaired) electrons. The molecule has 0 bridgehead atoms. The van der Waals surface area contributed by atoms with Crippen LogP contribution in [0.15, 0.2) is 53.2 Å². The van der Waals surface area contributed by atoms with Crippen molar-refractivity contribution in [1.82, 2.24) is 9.97 Å². The van der Waals surface area contributed by atoms with Gasteiger partial charge in [0.15, 0.2) is 10.0 Å². The van der Waals surface area contributed by atoms with Gasteiger partial charge in [-0.2, -0.15) is 0 Å². The third kappa shape index (κ3) is 4.08. The Morgan fingerprint density at radius 2 is 1.50 bits per heavy atom. The number of hydrogen-bond acceptors (Lipinski definition) is 4. The van der Waals surface area contributed by atoms with Gasteiger partial charge in [0.25, 0.3) is 0 Å². The van der Waals surface area contributed by atoms with Gasteiger partial charge < -0.3 is 0 Å². The molecule has 2 aromatic carbocycles. The first kappa shape index (κ1) is 19.0. The van der Waals surface area contributed by atoms with Crippen LogP contribution >= 0.6 is 22.7 Å². The molecule has 2 nitrogen and oxygen atoms in total.